The van der Waals surface area contributed by atoms with Crippen molar-refractivity contribution in [2.75, 3.05) is 0 Å². The second-order valence-electron chi connectivity index (χ2n) is 1.53. The minimum atomic E-state index is -2.97. The number of carboxylic acids is 2. The molecule has 0 aliphatic heterocycles. The number of carboxylic acid groups (broad SMARTS) is 2. The van der Waals surface area contributed by atoms with Gasteiger partial charge in [-0.2, -0.15) is 8.42 Å². The third kappa shape index (κ3) is 8.95. The first-order valence-electron chi connectivity index (χ1n) is 2.35. The maximum absolute atomic E-state index is 10.00. The molecular weight excluding hydrogens is 222 g/mol. The molecule has 64 valence electrons. The number of carbonyl (C=O) groups is 2. The van der Waals surface area contributed by atoms with Gasteiger partial charge in [0, 0.05) is 59.1 Å². The van der Waals surface area contributed by atoms with Crippen LogP contribution in [0.25, 0.3) is 0 Å². The van der Waals surface area contributed by atoms with E-state index in [4.69, 9.17) is 10.2 Å². The van der Waals surface area contributed by atoms with Crippen LogP contribution in [0.3, 0.4) is 0 Å². The van der Waals surface area contributed by atoms with E-state index >= 15 is 0 Å². The first-order valence-corrected chi connectivity index (χ1v) is 3.42. The Hall–Kier alpha value is 0.630. The topological polar surface area (TPSA) is 109 Å². The minimum absolute atomic E-state index is 0. The molecule has 0 spiro atoms. The van der Waals surface area contributed by atoms with Crippen molar-refractivity contribution < 1.29 is 28.2 Å². The number of aliphatic carboxylic acids is 2. The average Bonchev–Trinajstić information content (AvgIpc) is 1.81. The van der Waals surface area contributed by atoms with Gasteiger partial charge >= 0.3 is 11.9 Å². The molecule has 13 heavy (non-hydrogen) atoms. The van der Waals surface area contributed by atoms with E-state index in [1.807, 2.05) is 0 Å². The van der Waals surface area contributed by atoms with Crippen LogP contribution in [0, 0.1) is 0 Å². The van der Waals surface area contributed by atoms with E-state index in [2.05, 4.69) is 0 Å². The van der Waals surface area contributed by atoms with Crippen LogP contribution in [0.1, 0.15) is 6.42 Å². The quantitative estimate of drug-likeness (QED) is 0.419. The Morgan fingerprint density at radius 1 is 1.08 bits per heavy atom. The van der Waals surface area contributed by atoms with Crippen molar-refractivity contribution in [3.8, 4) is 0 Å². The Morgan fingerprint density at radius 2 is 1.46 bits per heavy atom. The SMILES string of the molecule is O=C(O)CC(C(=O)O)=S(=O)=O.[Na].[Na]. The van der Waals surface area contributed by atoms with Gasteiger partial charge in [-0.3, -0.25) is 4.79 Å². The molecule has 0 aliphatic carbocycles. The summed E-state index contributed by atoms with van der Waals surface area (Å²) in [7, 11) is -2.97. The Labute approximate surface area is 119 Å². The summed E-state index contributed by atoms with van der Waals surface area (Å²) in [6, 6.07) is 0. The van der Waals surface area contributed by atoms with Crippen LogP contribution in [-0.4, -0.2) is 94.5 Å². The maximum Gasteiger partial charge on any atom is 0.347 e. The summed E-state index contributed by atoms with van der Waals surface area (Å²) in [6.45, 7) is 0. The zero-order valence-electron chi connectivity index (χ0n) is 7.14. The van der Waals surface area contributed by atoms with Crippen molar-refractivity contribution >= 4 is 86.2 Å². The molecule has 0 bridgehead atoms. The molecule has 0 amide bonds. The summed E-state index contributed by atoms with van der Waals surface area (Å²) in [5.41, 5.74) is 0. The molecule has 0 aromatic rings. The molecule has 2 radical (unpaired) electrons. The van der Waals surface area contributed by atoms with E-state index in [0.29, 0.717) is 0 Å². The third-order valence-corrected chi connectivity index (χ3v) is 1.47. The molecular formula is C4H4Na2O6S. The number of rotatable bonds is 3. The molecule has 0 unspecified atom stereocenters. The molecule has 9 heteroatoms. The summed E-state index contributed by atoms with van der Waals surface area (Å²) in [4.78, 5) is 18.8. The van der Waals surface area contributed by atoms with Crippen molar-refractivity contribution in [2.45, 2.75) is 6.42 Å². The fourth-order valence-corrected chi connectivity index (χ4v) is 0.727. The standard InChI is InChI=1S/C4H4O6S.2Na/c5-3(6)1-2(4(7)8)11(9)10;;/h1H2,(H,5,6)(H,7,8);;. The smallest absolute Gasteiger partial charge is 0.347 e. The molecule has 2 N–H and O–H groups in total. The van der Waals surface area contributed by atoms with E-state index in [1.54, 1.807) is 0 Å². The van der Waals surface area contributed by atoms with Crippen molar-refractivity contribution in [3.63, 3.8) is 0 Å². The van der Waals surface area contributed by atoms with Gasteiger partial charge in [-0.1, -0.05) is 0 Å². The van der Waals surface area contributed by atoms with Gasteiger partial charge in [-0.25, -0.2) is 4.79 Å². The van der Waals surface area contributed by atoms with E-state index in [9.17, 15) is 18.0 Å². The normalized spacial score (nSPS) is 7.38. The zero-order valence-corrected chi connectivity index (χ0v) is 12.0. The first kappa shape index (κ1) is 19.2. The molecule has 0 rings (SSSR count). The predicted octanol–water partition coefficient (Wildman–Crippen LogP) is -2.16. The summed E-state index contributed by atoms with van der Waals surface area (Å²) in [6.07, 6.45) is -0.995. The molecule has 0 fully saturated rings. The van der Waals surface area contributed by atoms with Crippen molar-refractivity contribution in [2.24, 2.45) is 0 Å². The van der Waals surface area contributed by atoms with E-state index in [-0.39, 0.29) is 59.1 Å². The van der Waals surface area contributed by atoms with Crippen LogP contribution in [0.5, 0.6) is 0 Å². The molecule has 0 aliphatic rings. The fraction of sp³-hybridized carbons (Fsp3) is 0.250. The van der Waals surface area contributed by atoms with Crippen LogP contribution in [0.15, 0.2) is 0 Å². The van der Waals surface area contributed by atoms with Crippen molar-refractivity contribution in [3.05, 3.63) is 0 Å². The number of hydrogen-bond donors (Lipinski definition) is 2. The third-order valence-electron chi connectivity index (χ3n) is 0.752. The Kier molecular flexibility index (Phi) is 13.6. The summed E-state index contributed by atoms with van der Waals surface area (Å²) >= 11 is 0. The van der Waals surface area contributed by atoms with E-state index < -0.39 is 33.5 Å². The van der Waals surface area contributed by atoms with Gasteiger partial charge in [0.1, 0.15) is 0 Å². The molecule has 6 nitrogen and oxygen atoms in total. The zero-order chi connectivity index (χ0) is 9.02. The van der Waals surface area contributed by atoms with Gasteiger partial charge in [0.15, 0.2) is 4.86 Å². The van der Waals surface area contributed by atoms with Crippen LogP contribution in [0.4, 0.5) is 0 Å². The van der Waals surface area contributed by atoms with E-state index in [0.717, 1.165) is 0 Å². The van der Waals surface area contributed by atoms with Crippen LogP contribution < -0.4 is 0 Å². The molecule has 0 aromatic heterocycles. The average molecular weight is 226 g/mol. The second-order valence-corrected chi connectivity index (χ2v) is 2.50. The van der Waals surface area contributed by atoms with Gasteiger partial charge in [0.05, 0.1) is 6.42 Å². The van der Waals surface area contributed by atoms with Crippen molar-refractivity contribution in [1.82, 2.24) is 0 Å². The minimum Gasteiger partial charge on any atom is -0.481 e. The molecule has 0 aromatic carbocycles. The van der Waals surface area contributed by atoms with Crippen molar-refractivity contribution in [1.29, 1.82) is 0 Å². The predicted molar refractivity (Wildman–Crippen MR) is 45.3 cm³/mol. The summed E-state index contributed by atoms with van der Waals surface area (Å²) < 4.78 is 20.0. The Bertz CT molecular complexity index is 310. The van der Waals surface area contributed by atoms with Gasteiger partial charge in [0.2, 0.25) is 10.3 Å². The molecule has 0 heterocycles. The Balaban J connectivity index is -0.000000500. The summed E-state index contributed by atoms with van der Waals surface area (Å²) in [5.74, 6) is -3.23. The molecule has 0 atom stereocenters. The molecule has 0 saturated carbocycles. The van der Waals surface area contributed by atoms with Crippen LogP contribution in [-0.2, 0) is 19.9 Å². The second kappa shape index (κ2) is 9.20. The van der Waals surface area contributed by atoms with Gasteiger partial charge in [0.25, 0.3) is 0 Å². The van der Waals surface area contributed by atoms with Gasteiger partial charge in [-0.15, -0.1) is 0 Å². The molecule has 0 saturated heterocycles. The largest absolute Gasteiger partial charge is 0.481 e. The Morgan fingerprint density at radius 3 is 1.54 bits per heavy atom. The monoisotopic (exact) mass is 226 g/mol. The van der Waals surface area contributed by atoms with Crippen LogP contribution in [0.2, 0.25) is 0 Å². The summed E-state index contributed by atoms with van der Waals surface area (Å²) in [5, 5.41) is 16.1. The van der Waals surface area contributed by atoms with Crippen LogP contribution >= 0.6 is 0 Å². The van der Waals surface area contributed by atoms with Gasteiger partial charge in [-0.05, 0) is 0 Å². The number of hydrogen-bond acceptors (Lipinski definition) is 4. The fourth-order valence-electron chi connectivity index (χ4n) is 0.343. The van der Waals surface area contributed by atoms with Gasteiger partial charge < -0.3 is 10.2 Å². The van der Waals surface area contributed by atoms with E-state index in [1.165, 1.54) is 0 Å². The first-order chi connectivity index (χ1) is 4.95. The maximum atomic E-state index is 10.00.